The Morgan fingerprint density at radius 2 is 2.29 bits per heavy atom. The number of likely N-dealkylation sites (N-methyl/N-ethyl adjacent to an activating group) is 1. The number of nitrogens with zero attached hydrogens (tertiary/aromatic N) is 2. The first-order valence-corrected chi connectivity index (χ1v) is 6.26. The van der Waals surface area contributed by atoms with E-state index in [1.54, 1.807) is 0 Å². The monoisotopic (exact) mass is 243 g/mol. The maximum Gasteiger partial charge on any atom is 0.322 e. The second kappa shape index (κ2) is 6.93. The standard InChI is InChI=1S/C12H25N3O2/c1-14(2)10-5-4-7-15(9-10)8-6-11(13)12(16)17-3/h10-11H,4-9,13H2,1-3H3. The number of carbonyl (C=O) groups is 1. The molecule has 0 spiro atoms. The quantitative estimate of drug-likeness (QED) is 0.684. The van der Waals surface area contributed by atoms with Gasteiger partial charge in [-0.3, -0.25) is 4.79 Å². The third kappa shape index (κ3) is 4.61. The normalized spacial score (nSPS) is 23.7. The highest BCUT2D eigenvalue weighted by atomic mass is 16.5. The molecule has 0 aromatic heterocycles. The van der Waals surface area contributed by atoms with Crippen molar-refractivity contribution in [3.05, 3.63) is 0 Å². The lowest BCUT2D eigenvalue weighted by molar-refractivity contribution is -0.142. The summed E-state index contributed by atoms with van der Waals surface area (Å²) in [6.45, 7) is 3.06. The Morgan fingerprint density at radius 1 is 1.59 bits per heavy atom. The lowest BCUT2D eigenvalue weighted by Gasteiger charge is -2.36. The minimum Gasteiger partial charge on any atom is -0.468 e. The molecule has 0 radical (unpaired) electrons. The molecule has 5 nitrogen and oxygen atoms in total. The molecule has 0 aromatic carbocycles. The van der Waals surface area contributed by atoms with Crippen molar-refractivity contribution in [2.24, 2.45) is 5.73 Å². The molecule has 1 heterocycles. The fourth-order valence-corrected chi connectivity index (χ4v) is 2.25. The molecule has 0 aromatic rings. The van der Waals surface area contributed by atoms with Crippen LogP contribution in [0.2, 0.25) is 0 Å². The number of carbonyl (C=O) groups excluding carboxylic acids is 1. The van der Waals surface area contributed by atoms with E-state index in [1.807, 2.05) is 0 Å². The van der Waals surface area contributed by atoms with Gasteiger partial charge in [-0.1, -0.05) is 0 Å². The first-order valence-electron chi connectivity index (χ1n) is 6.26. The van der Waals surface area contributed by atoms with Crippen LogP contribution in [0.15, 0.2) is 0 Å². The number of methoxy groups -OCH3 is 1. The molecule has 1 aliphatic rings. The summed E-state index contributed by atoms with van der Waals surface area (Å²) in [5.74, 6) is -0.314. The van der Waals surface area contributed by atoms with Crippen LogP contribution in [0.5, 0.6) is 0 Å². The largest absolute Gasteiger partial charge is 0.468 e. The molecule has 17 heavy (non-hydrogen) atoms. The highest BCUT2D eigenvalue weighted by Crippen LogP contribution is 2.14. The molecule has 1 fully saturated rings. The summed E-state index contributed by atoms with van der Waals surface area (Å²) in [6.07, 6.45) is 3.15. The van der Waals surface area contributed by atoms with E-state index in [1.165, 1.54) is 20.0 Å². The van der Waals surface area contributed by atoms with Gasteiger partial charge in [-0.25, -0.2) is 0 Å². The smallest absolute Gasteiger partial charge is 0.322 e. The van der Waals surface area contributed by atoms with Crippen molar-refractivity contribution in [2.75, 3.05) is 40.8 Å². The predicted molar refractivity (Wildman–Crippen MR) is 67.8 cm³/mol. The summed E-state index contributed by atoms with van der Waals surface area (Å²) in [6, 6.07) is 0.137. The molecule has 2 N–H and O–H groups in total. The van der Waals surface area contributed by atoms with Gasteiger partial charge < -0.3 is 20.3 Å². The average Bonchev–Trinajstić information content (AvgIpc) is 2.35. The van der Waals surface area contributed by atoms with Crippen LogP contribution in [0.25, 0.3) is 0 Å². The molecular weight excluding hydrogens is 218 g/mol. The van der Waals surface area contributed by atoms with E-state index in [2.05, 4.69) is 28.6 Å². The highest BCUT2D eigenvalue weighted by molar-refractivity contribution is 5.75. The van der Waals surface area contributed by atoms with Crippen molar-refractivity contribution >= 4 is 5.97 Å². The Morgan fingerprint density at radius 3 is 2.88 bits per heavy atom. The van der Waals surface area contributed by atoms with Crippen molar-refractivity contribution in [3.63, 3.8) is 0 Å². The van der Waals surface area contributed by atoms with Gasteiger partial charge in [-0.15, -0.1) is 0 Å². The summed E-state index contributed by atoms with van der Waals surface area (Å²) >= 11 is 0. The molecule has 2 unspecified atom stereocenters. The first kappa shape index (κ1) is 14.4. The van der Waals surface area contributed by atoms with Crippen molar-refractivity contribution in [3.8, 4) is 0 Å². The summed E-state index contributed by atoms with van der Waals surface area (Å²) in [5, 5.41) is 0. The van der Waals surface area contributed by atoms with Crippen molar-refractivity contribution < 1.29 is 9.53 Å². The van der Waals surface area contributed by atoms with E-state index in [0.717, 1.165) is 19.6 Å². The van der Waals surface area contributed by atoms with Gasteiger partial charge in [0, 0.05) is 19.1 Å². The van der Waals surface area contributed by atoms with Crippen LogP contribution in [-0.2, 0) is 9.53 Å². The van der Waals surface area contributed by atoms with Gasteiger partial charge in [0.2, 0.25) is 0 Å². The Hall–Kier alpha value is -0.650. The lowest BCUT2D eigenvalue weighted by Crippen LogP contribution is -2.46. The predicted octanol–water partition coefficient (Wildman–Crippen LogP) is -0.0972. The van der Waals surface area contributed by atoms with Gasteiger partial charge in [-0.05, 0) is 39.9 Å². The Kier molecular flexibility index (Phi) is 5.88. The number of esters is 1. The molecule has 2 atom stereocenters. The second-order valence-electron chi connectivity index (χ2n) is 4.98. The lowest BCUT2D eigenvalue weighted by atomic mass is 10.0. The van der Waals surface area contributed by atoms with E-state index in [4.69, 9.17) is 5.73 Å². The van der Waals surface area contributed by atoms with Gasteiger partial charge in [-0.2, -0.15) is 0 Å². The third-order valence-corrected chi connectivity index (χ3v) is 3.47. The van der Waals surface area contributed by atoms with Crippen LogP contribution in [0.4, 0.5) is 0 Å². The summed E-state index contributed by atoms with van der Waals surface area (Å²) in [4.78, 5) is 15.8. The van der Waals surface area contributed by atoms with Gasteiger partial charge in [0.25, 0.3) is 0 Å². The molecular formula is C12H25N3O2. The molecule has 5 heteroatoms. The minimum absolute atomic E-state index is 0.314. The molecule has 1 saturated heterocycles. The van der Waals surface area contributed by atoms with Crippen LogP contribution in [-0.4, -0.2) is 68.7 Å². The maximum atomic E-state index is 11.2. The first-order chi connectivity index (χ1) is 8.04. The zero-order valence-electron chi connectivity index (χ0n) is 11.2. The number of hydrogen-bond donors (Lipinski definition) is 1. The van der Waals surface area contributed by atoms with E-state index in [0.29, 0.717) is 12.5 Å². The number of likely N-dealkylation sites (tertiary alicyclic amines) is 1. The van der Waals surface area contributed by atoms with Gasteiger partial charge >= 0.3 is 5.97 Å². The van der Waals surface area contributed by atoms with Crippen molar-refractivity contribution in [1.29, 1.82) is 0 Å². The number of hydrogen-bond acceptors (Lipinski definition) is 5. The van der Waals surface area contributed by atoms with Crippen LogP contribution in [0.1, 0.15) is 19.3 Å². The summed E-state index contributed by atoms with van der Waals surface area (Å²) in [7, 11) is 5.62. The maximum absolute atomic E-state index is 11.2. The van der Waals surface area contributed by atoms with Crippen molar-refractivity contribution in [1.82, 2.24) is 9.80 Å². The van der Waals surface area contributed by atoms with Gasteiger partial charge in [0.15, 0.2) is 0 Å². The van der Waals surface area contributed by atoms with E-state index in [-0.39, 0.29) is 5.97 Å². The molecule has 0 bridgehead atoms. The van der Waals surface area contributed by atoms with Crippen LogP contribution in [0, 0.1) is 0 Å². The van der Waals surface area contributed by atoms with Gasteiger partial charge in [0.05, 0.1) is 7.11 Å². The molecule has 0 aliphatic carbocycles. The second-order valence-corrected chi connectivity index (χ2v) is 4.98. The molecule has 0 saturated carbocycles. The topological polar surface area (TPSA) is 58.8 Å². The fourth-order valence-electron chi connectivity index (χ4n) is 2.25. The zero-order chi connectivity index (χ0) is 12.8. The van der Waals surface area contributed by atoms with Gasteiger partial charge in [0.1, 0.15) is 6.04 Å². The third-order valence-electron chi connectivity index (χ3n) is 3.47. The molecule has 1 aliphatic heterocycles. The highest BCUT2D eigenvalue weighted by Gasteiger charge is 2.22. The number of piperidine rings is 1. The molecule has 100 valence electrons. The Balaban J connectivity index is 2.29. The number of rotatable bonds is 5. The SMILES string of the molecule is COC(=O)C(N)CCN1CCCC(N(C)C)C1. The van der Waals surface area contributed by atoms with Crippen LogP contribution < -0.4 is 5.73 Å². The Labute approximate surface area is 104 Å². The number of ether oxygens (including phenoxy) is 1. The van der Waals surface area contributed by atoms with E-state index < -0.39 is 6.04 Å². The number of nitrogens with two attached hydrogens (primary N) is 1. The summed E-state index contributed by atoms with van der Waals surface area (Å²) < 4.78 is 4.62. The molecule has 0 amide bonds. The van der Waals surface area contributed by atoms with Crippen LogP contribution in [0.3, 0.4) is 0 Å². The van der Waals surface area contributed by atoms with E-state index >= 15 is 0 Å². The molecule has 1 rings (SSSR count). The Bertz CT molecular complexity index is 246. The van der Waals surface area contributed by atoms with E-state index in [9.17, 15) is 4.79 Å². The van der Waals surface area contributed by atoms with Crippen molar-refractivity contribution in [2.45, 2.75) is 31.3 Å². The minimum atomic E-state index is -0.486. The van der Waals surface area contributed by atoms with Crippen LogP contribution >= 0.6 is 0 Å². The summed E-state index contributed by atoms with van der Waals surface area (Å²) in [5.41, 5.74) is 5.73. The average molecular weight is 243 g/mol. The zero-order valence-corrected chi connectivity index (χ0v) is 11.2. The fraction of sp³-hybridized carbons (Fsp3) is 0.917.